The third-order valence-corrected chi connectivity index (χ3v) is 4.12. The molecule has 2 N–H and O–H groups in total. The summed E-state index contributed by atoms with van der Waals surface area (Å²) >= 11 is 0. The first-order chi connectivity index (χ1) is 9.59. The number of likely N-dealkylation sites (N-methyl/N-ethyl adjacent to an activating group) is 2. The van der Waals surface area contributed by atoms with Gasteiger partial charge >= 0.3 is 0 Å². The molecule has 0 spiro atoms. The molecule has 20 heavy (non-hydrogen) atoms. The summed E-state index contributed by atoms with van der Waals surface area (Å²) in [6.07, 6.45) is 3.68. The Kier molecular flexibility index (Phi) is 6.99. The van der Waals surface area contributed by atoms with Gasteiger partial charge in [0.15, 0.2) is 0 Å². The third-order valence-electron chi connectivity index (χ3n) is 4.12. The van der Waals surface area contributed by atoms with Gasteiger partial charge in [-0.3, -0.25) is 9.59 Å². The first kappa shape index (κ1) is 17.0. The molecule has 1 rings (SSSR count). The van der Waals surface area contributed by atoms with Crippen molar-refractivity contribution >= 4 is 11.8 Å². The Morgan fingerprint density at radius 1 is 1.20 bits per heavy atom. The summed E-state index contributed by atoms with van der Waals surface area (Å²) < 4.78 is 0. The fourth-order valence-electron chi connectivity index (χ4n) is 3.04. The Morgan fingerprint density at radius 3 is 2.35 bits per heavy atom. The molecule has 5 heteroatoms. The monoisotopic (exact) mass is 283 g/mol. The average Bonchev–Trinajstić information content (AvgIpc) is 2.45. The van der Waals surface area contributed by atoms with E-state index in [1.165, 1.54) is 0 Å². The Morgan fingerprint density at radius 2 is 1.85 bits per heavy atom. The summed E-state index contributed by atoms with van der Waals surface area (Å²) in [6.45, 7) is 9.12. The van der Waals surface area contributed by atoms with Gasteiger partial charge in [-0.15, -0.1) is 0 Å². The van der Waals surface area contributed by atoms with Gasteiger partial charge in [-0.05, 0) is 46.2 Å². The molecule has 1 aliphatic rings. The van der Waals surface area contributed by atoms with Crippen LogP contribution in [0.1, 0.15) is 46.5 Å². The number of carbonyl (C=O) groups excluding carboxylic acids is 2. The summed E-state index contributed by atoms with van der Waals surface area (Å²) in [5.74, 6) is 0.0953. The molecule has 0 aromatic rings. The van der Waals surface area contributed by atoms with Crippen LogP contribution in [-0.2, 0) is 9.59 Å². The molecule has 2 amide bonds. The number of carbonyl (C=O) groups is 2. The second kappa shape index (κ2) is 8.25. The van der Waals surface area contributed by atoms with E-state index in [1.807, 2.05) is 13.8 Å². The van der Waals surface area contributed by atoms with Crippen LogP contribution in [0, 0.1) is 5.41 Å². The van der Waals surface area contributed by atoms with Gasteiger partial charge in [-0.25, -0.2) is 0 Å². The molecule has 5 nitrogen and oxygen atoms in total. The Labute approximate surface area is 122 Å². The zero-order valence-corrected chi connectivity index (χ0v) is 13.1. The van der Waals surface area contributed by atoms with Gasteiger partial charge < -0.3 is 15.5 Å². The fourth-order valence-corrected chi connectivity index (χ4v) is 3.04. The smallest absolute Gasteiger partial charge is 0.239 e. The van der Waals surface area contributed by atoms with Crippen LogP contribution in [0.2, 0.25) is 0 Å². The lowest BCUT2D eigenvalue weighted by Gasteiger charge is -2.39. The maximum atomic E-state index is 12.9. The average molecular weight is 283 g/mol. The second-order valence-electron chi connectivity index (χ2n) is 5.55. The second-order valence-corrected chi connectivity index (χ2v) is 5.55. The molecule has 1 heterocycles. The standard InChI is InChI=1S/C15H29N3O2/c1-4-7-15(8-10-16-11-9-15)14(20)18(6-3)12-13(19)17-5-2/h16H,4-12H2,1-3H3,(H,17,19). The predicted molar refractivity (Wildman–Crippen MR) is 80.4 cm³/mol. The molecule has 0 atom stereocenters. The molecule has 0 bridgehead atoms. The molecule has 116 valence electrons. The van der Waals surface area contributed by atoms with Crippen LogP contribution in [0.3, 0.4) is 0 Å². The van der Waals surface area contributed by atoms with E-state index < -0.39 is 0 Å². The summed E-state index contributed by atoms with van der Waals surface area (Å²) in [5, 5.41) is 6.09. The molecule has 0 aromatic carbocycles. The van der Waals surface area contributed by atoms with E-state index in [0.29, 0.717) is 13.1 Å². The lowest BCUT2D eigenvalue weighted by Crippen LogP contribution is -2.51. The van der Waals surface area contributed by atoms with Crippen LogP contribution in [0.5, 0.6) is 0 Å². The van der Waals surface area contributed by atoms with E-state index in [1.54, 1.807) is 4.90 Å². The highest BCUT2D eigenvalue weighted by atomic mass is 16.2. The minimum Gasteiger partial charge on any atom is -0.355 e. The molecular formula is C15H29N3O2. The van der Waals surface area contributed by atoms with Crippen molar-refractivity contribution in [1.82, 2.24) is 15.5 Å². The number of amides is 2. The maximum Gasteiger partial charge on any atom is 0.239 e. The van der Waals surface area contributed by atoms with Crippen LogP contribution in [0.25, 0.3) is 0 Å². The summed E-state index contributed by atoms with van der Waals surface area (Å²) in [6, 6.07) is 0. The van der Waals surface area contributed by atoms with Crippen molar-refractivity contribution in [3.05, 3.63) is 0 Å². The van der Waals surface area contributed by atoms with Crippen molar-refractivity contribution in [3.63, 3.8) is 0 Å². The van der Waals surface area contributed by atoms with Crippen LogP contribution in [0.4, 0.5) is 0 Å². The Balaban J connectivity index is 2.77. The van der Waals surface area contributed by atoms with Crippen molar-refractivity contribution in [2.24, 2.45) is 5.41 Å². The van der Waals surface area contributed by atoms with Crippen LogP contribution in [0.15, 0.2) is 0 Å². The van der Waals surface area contributed by atoms with Crippen molar-refractivity contribution in [3.8, 4) is 0 Å². The van der Waals surface area contributed by atoms with E-state index in [0.717, 1.165) is 38.8 Å². The summed E-state index contributed by atoms with van der Waals surface area (Å²) in [7, 11) is 0. The number of hydrogen-bond donors (Lipinski definition) is 2. The van der Waals surface area contributed by atoms with Gasteiger partial charge in [-0.2, -0.15) is 0 Å². The van der Waals surface area contributed by atoms with E-state index in [9.17, 15) is 9.59 Å². The van der Waals surface area contributed by atoms with E-state index in [4.69, 9.17) is 0 Å². The van der Waals surface area contributed by atoms with Gasteiger partial charge in [0.2, 0.25) is 11.8 Å². The minimum absolute atomic E-state index is 0.0664. The van der Waals surface area contributed by atoms with E-state index in [2.05, 4.69) is 17.6 Å². The summed E-state index contributed by atoms with van der Waals surface area (Å²) in [4.78, 5) is 26.4. The van der Waals surface area contributed by atoms with Gasteiger partial charge in [0, 0.05) is 13.1 Å². The molecule has 0 radical (unpaired) electrons. The highest BCUT2D eigenvalue weighted by molar-refractivity contribution is 5.88. The van der Waals surface area contributed by atoms with E-state index >= 15 is 0 Å². The quantitative estimate of drug-likeness (QED) is 0.736. The normalized spacial score (nSPS) is 17.6. The topological polar surface area (TPSA) is 61.4 Å². The van der Waals surface area contributed by atoms with Crippen LogP contribution < -0.4 is 10.6 Å². The molecule has 0 aromatic heterocycles. The number of rotatable bonds is 7. The Hall–Kier alpha value is -1.10. The van der Waals surface area contributed by atoms with Crippen molar-refractivity contribution in [1.29, 1.82) is 0 Å². The van der Waals surface area contributed by atoms with Crippen molar-refractivity contribution in [2.75, 3.05) is 32.7 Å². The highest BCUT2D eigenvalue weighted by Gasteiger charge is 2.41. The molecule has 1 saturated heterocycles. The van der Waals surface area contributed by atoms with Gasteiger partial charge in [-0.1, -0.05) is 13.3 Å². The van der Waals surface area contributed by atoms with Crippen LogP contribution >= 0.6 is 0 Å². The largest absolute Gasteiger partial charge is 0.355 e. The SMILES string of the molecule is CCCC1(C(=O)N(CC)CC(=O)NCC)CCNCC1. The minimum atomic E-state index is -0.261. The zero-order valence-electron chi connectivity index (χ0n) is 13.1. The third kappa shape index (κ3) is 4.20. The predicted octanol–water partition coefficient (Wildman–Crippen LogP) is 1.14. The molecule has 1 fully saturated rings. The van der Waals surface area contributed by atoms with E-state index in [-0.39, 0.29) is 23.8 Å². The van der Waals surface area contributed by atoms with Gasteiger partial charge in [0.25, 0.3) is 0 Å². The highest BCUT2D eigenvalue weighted by Crippen LogP contribution is 2.36. The number of nitrogens with one attached hydrogen (secondary N) is 2. The Bertz CT molecular complexity index is 320. The number of hydrogen-bond acceptors (Lipinski definition) is 3. The molecule has 1 aliphatic heterocycles. The fraction of sp³-hybridized carbons (Fsp3) is 0.867. The van der Waals surface area contributed by atoms with Gasteiger partial charge in [0.1, 0.15) is 0 Å². The van der Waals surface area contributed by atoms with Crippen LogP contribution in [-0.4, -0.2) is 49.4 Å². The number of piperidine rings is 1. The van der Waals surface area contributed by atoms with Gasteiger partial charge in [0.05, 0.1) is 12.0 Å². The maximum absolute atomic E-state index is 12.9. The lowest BCUT2D eigenvalue weighted by atomic mass is 9.74. The van der Waals surface area contributed by atoms with Crippen molar-refractivity contribution in [2.45, 2.75) is 46.5 Å². The zero-order chi connectivity index (χ0) is 15.0. The first-order valence-electron chi connectivity index (χ1n) is 7.86. The molecular weight excluding hydrogens is 254 g/mol. The summed E-state index contributed by atoms with van der Waals surface area (Å²) in [5.41, 5.74) is -0.261. The lowest BCUT2D eigenvalue weighted by molar-refractivity contribution is -0.146. The first-order valence-corrected chi connectivity index (χ1v) is 7.86. The molecule has 0 saturated carbocycles. The van der Waals surface area contributed by atoms with Crippen molar-refractivity contribution < 1.29 is 9.59 Å². The molecule has 0 unspecified atom stereocenters. The number of nitrogens with zero attached hydrogens (tertiary/aromatic N) is 1. The molecule has 0 aliphatic carbocycles.